The maximum atomic E-state index is 12.6. The van der Waals surface area contributed by atoms with E-state index in [1.54, 1.807) is 12.1 Å². The minimum Gasteiger partial charge on any atom is -0.373 e. The van der Waals surface area contributed by atoms with Crippen LogP contribution in [0.4, 0.5) is 11.4 Å². The van der Waals surface area contributed by atoms with E-state index in [0.717, 1.165) is 16.2 Å². The van der Waals surface area contributed by atoms with Crippen molar-refractivity contribution in [3.8, 4) is 0 Å². The van der Waals surface area contributed by atoms with Crippen molar-refractivity contribution in [3.63, 3.8) is 0 Å². The highest BCUT2D eigenvalue weighted by Crippen LogP contribution is 2.30. The van der Waals surface area contributed by atoms with Crippen molar-refractivity contribution in [2.45, 2.75) is 19.4 Å². The predicted molar refractivity (Wildman–Crippen MR) is 92.2 cm³/mol. The van der Waals surface area contributed by atoms with Gasteiger partial charge in [0.2, 0.25) is 5.91 Å². The van der Waals surface area contributed by atoms with Gasteiger partial charge in [0.25, 0.3) is 5.91 Å². The minimum absolute atomic E-state index is 0.104. The molecule has 0 aliphatic carbocycles. The first-order valence-electron chi connectivity index (χ1n) is 7.11. The summed E-state index contributed by atoms with van der Waals surface area (Å²) in [7, 11) is 0. The molecular weight excluding hydrogens is 335 g/mol. The van der Waals surface area contributed by atoms with Gasteiger partial charge in [-0.1, -0.05) is 35.3 Å². The molecule has 4 nitrogen and oxygen atoms in total. The number of nitrogens with zero attached hydrogens (tertiary/aromatic N) is 1. The molecule has 1 aliphatic heterocycles. The molecule has 0 bridgehead atoms. The lowest BCUT2D eigenvalue weighted by atomic mass is 10.2. The number of hydrogen-bond acceptors (Lipinski definition) is 3. The van der Waals surface area contributed by atoms with Gasteiger partial charge in [0.15, 0.2) is 0 Å². The second-order valence-electron chi connectivity index (χ2n) is 5.44. The number of aryl methyl sites for hydroxylation is 1. The Kier molecular flexibility index (Phi) is 4.28. The maximum absolute atomic E-state index is 12.6. The quantitative estimate of drug-likeness (QED) is 0.851. The molecule has 0 spiro atoms. The van der Waals surface area contributed by atoms with Crippen molar-refractivity contribution in [1.82, 2.24) is 0 Å². The van der Waals surface area contributed by atoms with E-state index in [0.29, 0.717) is 15.7 Å². The van der Waals surface area contributed by atoms with Gasteiger partial charge in [-0.15, -0.1) is 0 Å². The van der Waals surface area contributed by atoms with E-state index >= 15 is 0 Å². The topological polar surface area (TPSA) is 49.4 Å². The number of anilines is 2. The van der Waals surface area contributed by atoms with Crippen molar-refractivity contribution < 1.29 is 9.59 Å². The first-order chi connectivity index (χ1) is 11.0. The van der Waals surface area contributed by atoms with E-state index in [2.05, 4.69) is 5.32 Å². The second-order valence-corrected chi connectivity index (χ2v) is 6.25. The molecule has 6 heteroatoms. The Morgan fingerprint density at radius 3 is 2.57 bits per heavy atom. The Labute approximate surface area is 144 Å². The zero-order chi connectivity index (χ0) is 16.6. The van der Waals surface area contributed by atoms with Crippen molar-refractivity contribution in [2.75, 3.05) is 10.2 Å². The number of benzene rings is 2. The largest absolute Gasteiger partial charge is 0.373 e. The van der Waals surface area contributed by atoms with Crippen LogP contribution in [0.15, 0.2) is 42.5 Å². The number of rotatable bonds is 3. The summed E-state index contributed by atoms with van der Waals surface area (Å²) in [5.41, 5.74) is 2.32. The van der Waals surface area contributed by atoms with Crippen LogP contribution >= 0.6 is 23.2 Å². The molecule has 1 saturated heterocycles. The molecule has 1 N–H and O–H groups in total. The van der Waals surface area contributed by atoms with Gasteiger partial charge in [0.1, 0.15) is 6.04 Å². The normalized spacial score (nSPS) is 17.7. The summed E-state index contributed by atoms with van der Waals surface area (Å²) >= 11 is 11.9. The summed E-state index contributed by atoms with van der Waals surface area (Å²) in [6.07, 6.45) is 0.104. The van der Waals surface area contributed by atoms with Crippen molar-refractivity contribution >= 4 is 46.4 Å². The maximum Gasteiger partial charge on any atom is 0.256 e. The number of hydrogen-bond donors (Lipinski definition) is 1. The van der Waals surface area contributed by atoms with Gasteiger partial charge in [0, 0.05) is 5.69 Å². The molecule has 0 saturated carbocycles. The average Bonchev–Trinajstić information content (AvgIpc) is 2.77. The van der Waals surface area contributed by atoms with E-state index in [4.69, 9.17) is 23.2 Å². The van der Waals surface area contributed by atoms with Crippen LogP contribution in [-0.2, 0) is 9.59 Å². The number of amides is 2. The van der Waals surface area contributed by atoms with Gasteiger partial charge in [0.05, 0.1) is 22.2 Å². The molecule has 0 radical (unpaired) electrons. The monoisotopic (exact) mass is 348 g/mol. The Balaban J connectivity index is 1.83. The first kappa shape index (κ1) is 15.8. The third-order valence-corrected chi connectivity index (χ3v) is 4.41. The summed E-state index contributed by atoms with van der Waals surface area (Å²) in [6.45, 7) is 1.97. The van der Waals surface area contributed by atoms with E-state index in [9.17, 15) is 9.59 Å². The highest BCUT2D eigenvalue weighted by atomic mass is 35.5. The van der Waals surface area contributed by atoms with E-state index in [-0.39, 0.29) is 18.2 Å². The summed E-state index contributed by atoms with van der Waals surface area (Å²) in [5, 5.41) is 3.80. The van der Waals surface area contributed by atoms with Crippen LogP contribution in [0.1, 0.15) is 12.0 Å². The van der Waals surface area contributed by atoms with Crippen LogP contribution in [0.5, 0.6) is 0 Å². The van der Waals surface area contributed by atoms with Crippen LogP contribution in [0.3, 0.4) is 0 Å². The average molecular weight is 349 g/mol. The van der Waals surface area contributed by atoms with Crippen LogP contribution in [0.2, 0.25) is 10.0 Å². The van der Waals surface area contributed by atoms with Crippen LogP contribution in [0.25, 0.3) is 0 Å². The fraction of sp³-hybridized carbons (Fsp3) is 0.176. The molecule has 23 heavy (non-hydrogen) atoms. The van der Waals surface area contributed by atoms with Crippen molar-refractivity contribution in [2.24, 2.45) is 0 Å². The number of nitrogens with one attached hydrogen (secondary N) is 1. The lowest BCUT2D eigenvalue weighted by Crippen LogP contribution is -2.34. The fourth-order valence-electron chi connectivity index (χ4n) is 2.58. The number of halogens is 2. The molecule has 1 fully saturated rings. The first-order valence-corrected chi connectivity index (χ1v) is 7.86. The molecule has 2 aromatic rings. The van der Waals surface area contributed by atoms with Gasteiger partial charge in [-0.25, -0.2) is 4.90 Å². The lowest BCUT2D eigenvalue weighted by Gasteiger charge is -2.16. The number of carbonyl (C=O) groups excluding carboxylic acids is 2. The smallest absolute Gasteiger partial charge is 0.256 e. The lowest BCUT2D eigenvalue weighted by molar-refractivity contribution is -0.121. The summed E-state index contributed by atoms with van der Waals surface area (Å²) in [6, 6.07) is 11.8. The molecule has 2 amide bonds. The van der Waals surface area contributed by atoms with Crippen LogP contribution in [0, 0.1) is 6.92 Å². The molecule has 2 aromatic carbocycles. The molecular formula is C17H14Cl2N2O2. The summed E-state index contributed by atoms with van der Waals surface area (Å²) in [4.78, 5) is 26.0. The molecule has 3 rings (SSSR count). The van der Waals surface area contributed by atoms with Gasteiger partial charge in [-0.05, 0) is 42.8 Å². The Hall–Kier alpha value is -2.04. The summed E-state index contributed by atoms with van der Waals surface area (Å²) in [5.74, 6) is -0.562. The van der Waals surface area contributed by atoms with Gasteiger partial charge in [-0.3, -0.25) is 9.59 Å². The van der Waals surface area contributed by atoms with Crippen LogP contribution in [-0.4, -0.2) is 17.9 Å². The highest BCUT2D eigenvalue weighted by Gasteiger charge is 2.39. The third-order valence-electron chi connectivity index (χ3n) is 3.67. The Morgan fingerprint density at radius 2 is 1.87 bits per heavy atom. The second kappa shape index (κ2) is 6.22. The van der Waals surface area contributed by atoms with Crippen molar-refractivity contribution in [3.05, 3.63) is 58.1 Å². The summed E-state index contributed by atoms with van der Waals surface area (Å²) < 4.78 is 0. The molecule has 1 aliphatic rings. The molecule has 0 aromatic heterocycles. The SMILES string of the molecule is Cc1cccc(N[C@@H]2CC(=O)N(c3ccc(Cl)c(Cl)c3)C2=O)c1. The molecule has 1 atom stereocenters. The van der Waals surface area contributed by atoms with E-state index in [1.165, 1.54) is 6.07 Å². The molecule has 1 heterocycles. The standard InChI is InChI=1S/C17H14Cl2N2O2/c1-10-3-2-4-11(7-10)20-15-9-16(22)21(17(15)23)12-5-6-13(18)14(19)8-12/h2-8,15,20H,9H2,1H3/t15-/m1/s1. The number of imide groups is 1. The van der Waals surface area contributed by atoms with E-state index in [1.807, 2.05) is 31.2 Å². The number of carbonyl (C=O) groups is 2. The van der Waals surface area contributed by atoms with Gasteiger partial charge in [-0.2, -0.15) is 0 Å². The Morgan fingerprint density at radius 1 is 1.09 bits per heavy atom. The third kappa shape index (κ3) is 3.19. The van der Waals surface area contributed by atoms with E-state index < -0.39 is 6.04 Å². The van der Waals surface area contributed by atoms with Gasteiger partial charge < -0.3 is 5.32 Å². The molecule has 118 valence electrons. The fourth-order valence-corrected chi connectivity index (χ4v) is 2.87. The van der Waals surface area contributed by atoms with Gasteiger partial charge >= 0.3 is 0 Å². The Bertz CT molecular complexity index is 792. The zero-order valence-electron chi connectivity index (χ0n) is 12.3. The van der Waals surface area contributed by atoms with Crippen LogP contribution < -0.4 is 10.2 Å². The molecule has 0 unspecified atom stereocenters. The predicted octanol–water partition coefficient (Wildman–Crippen LogP) is 4.05. The minimum atomic E-state index is -0.584. The zero-order valence-corrected chi connectivity index (χ0v) is 13.9. The van der Waals surface area contributed by atoms with Crippen molar-refractivity contribution in [1.29, 1.82) is 0 Å². The highest BCUT2D eigenvalue weighted by molar-refractivity contribution is 6.42.